The molecule has 1 aromatic rings. The summed E-state index contributed by atoms with van der Waals surface area (Å²) in [5.74, 6) is -2.93. The maximum absolute atomic E-state index is 11.8. The van der Waals surface area contributed by atoms with Gasteiger partial charge < -0.3 is 20.3 Å². The standard InChI is InChI=1S/C16H21NO6/c1-10(2)14(12(18)8-13(19)15(20)21)17-16(22)23-9-11-6-4-3-5-7-11/h3-7,10,12,14,18H,8-9H2,1-2H3,(H,17,22)(H,20,21). The third-order valence-electron chi connectivity index (χ3n) is 3.26. The van der Waals surface area contributed by atoms with E-state index in [9.17, 15) is 19.5 Å². The van der Waals surface area contributed by atoms with E-state index < -0.39 is 36.4 Å². The lowest BCUT2D eigenvalue weighted by Gasteiger charge is -2.26. The van der Waals surface area contributed by atoms with E-state index in [0.717, 1.165) is 5.56 Å². The smallest absolute Gasteiger partial charge is 0.407 e. The molecule has 0 fully saturated rings. The molecule has 7 nitrogen and oxygen atoms in total. The van der Waals surface area contributed by atoms with E-state index in [4.69, 9.17) is 9.84 Å². The Labute approximate surface area is 134 Å². The fourth-order valence-electron chi connectivity index (χ4n) is 2.01. The van der Waals surface area contributed by atoms with E-state index in [0.29, 0.717) is 0 Å². The van der Waals surface area contributed by atoms with Crippen LogP contribution in [0.25, 0.3) is 0 Å². The number of aliphatic hydroxyl groups is 1. The Bertz CT molecular complexity index is 543. The van der Waals surface area contributed by atoms with Crippen molar-refractivity contribution in [2.24, 2.45) is 5.92 Å². The number of benzene rings is 1. The second kappa shape index (κ2) is 8.89. The van der Waals surface area contributed by atoms with Gasteiger partial charge in [0.05, 0.1) is 12.1 Å². The van der Waals surface area contributed by atoms with E-state index in [2.05, 4.69) is 5.32 Å². The van der Waals surface area contributed by atoms with Crippen molar-refractivity contribution in [2.45, 2.75) is 39.0 Å². The lowest BCUT2D eigenvalue weighted by Crippen LogP contribution is -2.48. The molecule has 0 aliphatic rings. The molecule has 0 saturated carbocycles. The van der Waals surface area contributed by atoms with Crippen molar-refractivity contribution in [1.29, 1.82) is 0 Å². The molecule has 1 amide bonds. The lowest BCUT2D eigenvalue weighted by molar-refractivity contribution is -0.150. The Balaban J connectivity index is 2.55. The number of aliphatic hydroxyl groups excluding tert-OH is 1. The van der Waals surface area contributed by atoms with Crippen molar-refractivity contribution in [3.05, 3.63) is 35.9 Å². The number of alkyl carbamates (subject to hydrolysis) is 1. The summed E-state index contributed by atoms with van der Waals surface area (Å²) in [4.78, 5) is 33.5. The van der Waals surface area contributed by atoms with E-state index in [1.54, 1.807) is 26.0 Å². The SMILES string of the molecule is CC(C)C(NC(=O)OCc1ccccc1)C(O)CC(=O)C(=O)O. The number of rotatable bonds is 8. The minimum Gasteiger partial charge on any atom is -0.475 e. The molecule has 0 aliphatic carbocycles. The van der Waals surface area contributed by atoms with Crippen molar-refractivity contribution >= 4 is 17.8 Å². The molecule has 1 rings (SSSR count). The van der Waals surface area contributed by atoms with Gasteiger partial charge >= 0.3 is 12.1 Å². The molecule has 23 heavy (non-hydrogen) atoms. The highest BCUT2D eigenvalue weighted by Crippen LogP contribution is 2.11. The van der Waals surface area contributed by atoms with Crippen LogP contribution in [0.1, 0.15) is 25.8 Å². The second-order valence-corrected chi connectivity index (χ2v) is 5.48. The predicted octanol–water partition coefficient (Wildman–Crippen LogP) is 1.34. The van der Waals surface area contributed by atoms with Gasteiger partial charge in [-0.05, 0) is 11.5 Å². The molecule has 0 bridgehead atoms. The number of aliphatic carboxylic acids is 1. The molecule has 3 N–H and O–H groups in total. The van der Waals surface area contributed by atoms with E-state index >= 15 is 0 Å². The molecule has 2 unspecified atom stereocenters. The van der Waals surface area contributed by atoms with Crippen LogP contribution < -0.4 is 5.32 Å². The lowest BCUT2D eigenvalue weighted by atomic mass is 9.95. The average Bonchev–Trinajstić information content (AvgIpc) is 2.51. The first-order chi connectivity index (χ1) is 10.8. The summed E-state index contributed by atoms with van der Waals surface area (Å²) in [6.07, 6.45) is -2.62. The number of carbonyl (C=O) groups excluding carboxylic acids is 2. The van der Waals surface area contributed by atoms with Gasteiger partial charge in [0.1, 0.15) is 6.61 Å². The summed E-state index contributed by atoms with van der Waals surface area (Å²) in [6.45, 7) is 3.54. The van der Waals surface area contributed by atoms with Crippen LogP contribution in [0.3, 0.4) is 0 Å². The number of carboxylic acid groups (broad SMARTS) is 1. The fourth-order valence-corrected chi connectivity index (χ4v) is 2.01. The van der Waals surface area contributed by atoms with Gasteiger partial charge in [-0.1, -0.05) is 44.2 Å². The minimum absolute atomic E-state index is 0.0711. The van der Waals surface area contributed by atoms with Gasteiger partial charge in [0.15, 0.2) is 0 Å². The highest BCUT2D eigenvalue weighted by Gasteiger charge is 2.28. The second-order valence-electron chi connectivity index (χ2n) is 5.48. The molecular weight excluding hydrogens is 302 g/mol. The number of amides is 1. The van der Waals surface area contributed by atoms with Crippen LogP contribution >= 0.6 is 0 Å². The molecule has 0 spiro atoms. The number of Topliss-reactive ketones (excluding diaryl/α,β-unsaturated/α-hetero) is 1. The summed E-state index contributed by atoms with van der Waals surface area (Å²) in [5, 5.41) is 21.0. The number of carboxylic acids is 1. The molecule has 0 saturated heterocycles. The van der Waals surface area contributed by atoms with Crippen molar-refractivity contribution in [3.8, 4) is 0 Å². The predicted molar refractivity (Wildman–Crippen MR) is 81.7 cm³/mol. The number of hydrogen-bond donors (Lipinski definition) is 3. The van der Waals surface area contributed by atoms with Crippen molar-refractivity contribution < 1.29 is 29.3 Å². The summed E-state index contributed by atoms with van der Waals surface area (Å²) in [6, 6.07) is 8.28. The van der Waals surface area contributed by atoms with Gasteiger partial charge in [-0.25, -0.2) is 9.59 Å². The largest absolute Gasteiger partial charge is 0.475 e. The number of nitrogens with one attached hydrogen (secondary N) is 1. The van der Waals surface area contributed by atoms with E-state index in [-0.39, 0.29) is 12.5 Å². The third-order valence-corrected chi connectivity index (χ3v) is 3.26. The number of ketones is 1. The topological polar surface area (TPSA) is 113 Å². The van der Waals surface area contributed by atoms with Crippen molar-refractivity contribution in [1.82, 2.24) is 5.32 Å². The number of hydrogen-bond acceptors (Lipinski definition) is 5. The van der Waals surface area contributed by atoms with E-state index in [1.807, 2.05) is 18.2 Å². The van der Waals surface area contributed by atoms with Crippen LogP contribution in [0.2, 0.25) is 0 Å². The molecule has 1 aromatic carbocycles. The monoisotopic (exact) mass is 323 g/mol. The fraction of sp³-hybridized carbons (Fsp3) is 0.438. The summed E-state index contributed by atoms with van der Waals surface area (Å²) < 4.78 is 5.05. The zero-order chi connectivity index (χ0) is 17.4. The van der Waals surface area contributed by atoms with Crippen molar-refractivity contribution in [3.63, 3.8) is 0 Å². The molecule has 2 atom stereocenters. The number of ether oxygens (including phenoxy) is 1. The Morgan fingerprint density at radius 1 is 1.17 bits per heavy atom. The Hall–Kier alpha value is -2.41. The van der Waals surface area contributed by atoms with Crippen LogP contribution in [0.15, 0.2) is 30.3 Å². The Morgan fingerprint density at radius 3 is 2.30 bits per heavy atom. The van der Waals surface area contributed by atoms with E-state index in [1.165, 1.54) is 0 Å². The summed E-state index contributed by atoms with van der Waals surface area (Å²) in [7, 11) is 0. The zero-order valence-electron chi connectivity index (χ0n) is 13.1. The average molecular weight is 323 g/mol. The van der Waals surface area contributed by atoms with Gasteiger partial charge in [0.2, 0.25) is 5.78 Å². The summed E-state index contributed by atoms with van der Waals surface area (Å²) in [5.41, 5.74) is 0.811. The maximum Gasteiger partial charge on any atom is 0.407 e. The number of carbonyl (C=O) groups is 3. The molecule has 0 aliphatic heterocycles. The van der Waals surface area contributed by atoms with Crippen LogP contribution in [-0.2, 0) is 20.9 Å². The Kier molecular flexibility index (Phi) is 7.21. The molecule has 0 heterocycles. The van der Waals surface area contributed by atoms with Gasteiger partial charge in [0, 0.05) is 6.42 Å². The molecular formula is C16H21NO6. The molecule has 7 heteroatoms. The molecule has 126 valence electrons. The van der Waals surface area contributed by atoms with Crippen LogP contribution in [0.5, 0.6) is 0 Å². The Morgan fingerprint density at radius 2 is 1.78 bits per heavy atom. The minimum atomic E-state index is -1.61. The quantitative estimate of drug-likeness (QED) is 0.622. The van der Waals surface area contributed by atoms with Crippen LogP contribution in [0.4, 0.5) is 4.79 Å². The molecule has 0 radical (unpaired) electrons. The van der Waals surface area contributed by atoms with Gasteiger partial charge in [-0.3, -0.25) is 4.79 Å². The van der Waals surface area contributed by atoms with Gasteiger partial charge in [-0.2, -0.15) is 0 Å². The third kappa shape index (κ3) is 6.48. The normalized spacial score (nSPS) is 13.2. The maximum atomic E-state index is 11.8. The van der Waals surface area contributed by atoms with Crippen LogP contribution in [-0.4, -0.2) is 40.2 Å². The zero-order valence-corrected chi connectivity index (χ0v) is 13.1. The summed E-state index contributed by atoms with van der Waals surface area (Å²) >= 11 is 0. The highest BCUT2D eigenvalue weighted by molar-refractivity contribution is 6.32. The van der Waals surface area contributed by atoms with Crippen LogP contribution in [0, 0.1) is 5.92 Å². The van der Waals surface area contributed by atoms with Gasteiger partial charge in [0.25, 0.3) is 0 Å². The first kappa shape index (κ1) is 18.6. The molecule has 0 aromatic heterocycles. The highest BCUT2D eigenvalue weighted by atomic mass is 16.5. The first-order valence-corrected chi connectivity index (χ1v) is 7.22. The first-order valence-electron chi connectivity index (χ1n) is 7.22. The van der Waals surface area contributed by atoms with Gasteiger partial charge in [-0.15, -0.1) is 0 Å². The van der Waals surface area contributed by atoms with Crippen molar-refractivity contribution in [2.75, 3.05) is 0 Å².